The number of phenols is 1. The number of amides is 1. The van der Waals surface area contributed by atoms with E-state index >= 15 is 0 Å². The van der Waals surface area contributed by atoms with Gasteiger partial charge in [0.2, 0.25) is 0 Å². The Bertz CT molecular complexity index is 1330. The SMILES string of the molecule is CC(C)(C#N)c1cc(Br)cc([C@H](CC(=O)O)CC(=O)CNC(=O)c2cc(O)cc(CC3=NCC(O)CN3)c2)c1. The molecule has 39 heavy (non-hydrogen) atoms. The molecule has 11 heteroatoms. The summed E-state index contributed by atoms with van der Waals surface area (Å²) in [4.78, 5) is 41.4. The molecule has 10 nitrogen and oxygen atoms in total. The van der Waals surface area contributed by atoms with Crippen molar-refractivity contribution in [3.8, 4) is 11.8 Å². The first kappa shape index (κ1) is 29.8. The maximum atomic E-state index is 12.8. The van der Waals surface area contributed by atoms with Crippen LogP contribution in [0.15, 0.2) is 45.9 Å². The summed E-state index contributed by atoms with van der Waals surface area (Å²) in [6.45, 7) is 3.82. The lowest BCUT2D eigenvalue weighted by atomic mass is 9.82. The van der Waals surface area contributed by atoms with Gasteiger partial charge in [-0.05, 0) is 60.9 Å². The second kappa shape index (κ2) is 12.9. The van der Waals surface area contributed by atoms with Crippen LogP contribution in [0.5, 0.6) is 5.75 Å². The van der Waals surface area contributed by atoms with Gasteiger partial charge in [0.05, 0.1) is 37.1 Å². The normalized spacial score (nSPS) is 15.9. The van der Waals surface area contributed by atoms with Crippen LogP contribution in [-0.2, 0) is 21.4 Å². The molecule has 1 heterocycles. The standard InChI is InChI=1S/C28H31BrN4O6/c1-28(2,15-30)20-6-17(7-21(29)11-20)18(10-26(37)38)8-23(35)12-33-27(39)19-3-16(4-22(34)9-19)5-25-31-13-24(36)14-32-25/h3-4,6-7,9,11,18,24,34,36H,5,8,10,12-14H2,1-2H3,(H,31,32)(H,33,39)(H,37,38)/t18-/m0/s1. The van der Waals surface area contributed by atoms with E-state index in [2.05, 4.69) is 37.6 Å². The number of carboxylic acids is 1. The Labute approximate surface area is 234 Å². The highest BCUT2D eigenvalue weighted by Gasteiger charge is 2.25. The summed E-state index contributed by atoms with van der Waals surface area (Å²) in [7, 11) is 0. The van der Waals surface area contributed by atoms with Crippen molar-refractivity contribution < 1.29 is 29.7 Å². The Hall–Kier alpha value is -3.75. The van der Waals surface area contributed by atoms with E-state index in [9.17, 15) is 35.0 Å². The molecule has 1 unspecified atom stereocenters. The number of aliphatic hydroxyl groups is 1. The summed E-state index contributed by atoms with van der Waals surface area (Å²) in [5.41, 5.74) is 1.27. The Morgan fingerprint density at radius 3 is 2.59 bits per heavy atom. The highest BCUT2D eigenvalue weighted by atomic mass is 79.9. The summed E-state index contributed by atoms with van der Waals surface area (Å²) in [5, 5.41) is 44.2. The molecular weight excluding hydrogens is 568 g/mol. The number of hydrogen-bond donors (Lipinski definition) is 5. The van der Waals surface area contributed by atoms with Gasteiger partial charge in [0.25, 0.3) is 5.91 Å². The predicted molar refractivity (Wildman–Crippen MR) is 148 cm³/mol. The zero-order chi connectivity index (χ0) is 28.7. The van der Waals surface area contributed by atoms with Crippen molar-refractivity contribution in [3.63, 3.8) is 0 Å². The maximum Gasteiger partial charge on any atom is 0.303 e. The Morgan fingerprint density at radius 1 is 1.21 bits per heavy atom. The van der Waals surface area contributed by atoms with Gasteiger partial charge < -0.3 is 26.0 Å². The van der Waals surface area contributed by atoms with Gasteiger partial charge in [-0.25, -0.2) is 0 Å². The summed E-state index contributed by atoms with van der Waals surface area (Å²) in [6.07, 6.45) is -0.651. The number of phenolic OH excluding ortho intramolecular Hbond substituents is 1. The molecule has 0 spiro atoms. The van der Waals surface area contributed by atoms with Crippen LogP contribution in [0.4, 0.5) is 0 Å². The van der Waals surface area contributed by atoms with Crippen LogP contribution in [0.25, 0.3) is 0 Å². The number of aliphatic hydroxyl groups excluding tert-OH is 1. The summed E-state index contributed by atoms with van der Waals surface area (Å²) in [5.74, 6) is -2.15. The molecule has 0 radical (unpaired) electrons. The quantitative estimate of drug-likeness (QED) is 0.262. The topological polar surface area (TPSA) is 172 Å². The van der Waals surface area contributed by atoms with Crippen LogP contribution in [-0.4, -0.2) is 64.6 Å². The average molecular weight is 599 g/mol. The van der Waals surface area contributed by atoms with Crippen LogP contribution < -0.4 is 10.6 Å². The monoisotopic (exact) mass is 598 g/mol. The summed E-state index contributed by atoms with van der Waals surface area (Å²) < 4.78 is 0.666. The molecule has 0 saturated heterocycles. The fourth-order valence-corrected chi connectivity index (χ4v) is 4.72. The number of rotatable bonds is 11. The van der Waals surface area contributed by atoms with E-state index in [-0.39, 0.29) is 43.0 Å². The number of nitrogens with zero attached hydrogens (tertiary/aromatic N) is 2. The number of aliphatic imine (C=N–C) groups is 1. The van der Waals surface area contributed by atoms with Gasteiger partial charge in [-0.2, -0.15) is 5.26 Å². The summed E-state index contributed by atoms with van der Waals surface area (Å²) in [6, 6.07) is 11.9. The molecule has 0 aromatic heterocycles. The molecule has 3 rings (SSSR count). The molecule has 0 aliphatic carbocycles. The first-order valence-corrected chi connectivity index (χ1v) is 13.2. The molecular formula is C28H31BrN4O6. The number of benzene rings is 2. The van der Waals surface area contributed by atoms with Crippen LogP contribution in [0.2, 0.25) is 0 Å². The fourth-order valence-electron chi connectivity index (χ4n) is 4.21. The maximum absolute atomic E-state index is 12.8. The molecule has 2 atom stereocenters. The van der Waals surface area contributed by atoms with Crippen molar-refractivity contribution >= 4 is 39.4 Å². The van der Waals surface area contributed by atoms with Crippen LogP contribution in [0, 0.1) is 11.3 Å². The molecule has 2 aromatic carbocycles. The molecule has 2 aromatic rings. The third-order valence-corrected chi connectivity index (χ3v) is 6.84. The van der Waals surface area contributed by atoms with Gasteiger partial charge in [0.15, 0.2) is 5.78 Å². The number of ketones is 1. The highest BCUT2D eigenvalue weighted by Crippen LogP contribution is 2.32. The fraction of sp³-hybridized carbons (Fsp3) is 0.393. The van der Waals surface area contributed by atoms with Crippen molar-refractivity contribution in [2.24, 2.45) is 4.99 Å². The minimum absolute atomic E-state index is 0.118. The van der Waals surface area contributed by atoms with Crippen molar-refractivity contribution in [2.75, 3.05) is 19.6 Å². The van der Waals surface area contributed by atoms with Gasteiger partial charge in [-0.3, -0.25) is 19.4 Å². The van der Waals surface area contributed by atoms with Gasteiger partial charge >= 0.3 is 5.97 Å². The molecule has 0 fully saturated rings. The van der Waals surface area contributed by atoms with Crippen molar-refractivity contribution in [1.29, 1.82) is 5.26 Å². The number of Topliss-reactive ketones (excluding diaryl/α,β-unsaturated/α-hetero) is 1. The number of aliphatic carboxylic acids is 1. The molecule has 0 bridgehead atoms. The Kier molecular flexibility index (Phi) is 9.83. The van der Waals surface area contributed by atoms with E-state index in [1.165, 1.54) is 12.1 Å². The number of halogens is 1. The smallest absolute Gasteiger partial charge is 0.303 e. The van der Waals surface area contributed by atoms with Crippen molar-refractivity contribution in [1.82, 2.24) is 10.6 Å². The number of carbonyl (C=O) groups is 3. The van der Waals surface area contributed by atoms with Gasteiger partial charge in [-0.15, -0.1) is 0 Å². The third kappa shape index (κ3) is 8.63. The number of nitriles is 1. The van der Waals surface area contributed by atoms with Crippen molar-refractivity contribution in [2.45, 2.75) is 50.5 Å². The zero-order valence-electron chi connectivity index (χ0n) is 21.7. The van der Waals surface area contributed by atoms with Gasteiger partial charge in [0.1, 0.15) is 11.6 Å². The Morgan fingerprint density at radius 2 is 1.95 bits per heavy atom. The largest absolute Gasteiger partial charge is 0.508 e. The second-order valence-corrected chi connectivity index (χ2v) is 11.0. The van der Waals surface area contributed by atoms with Crippen LogP contribution >= 0.6 is 15.9 Å². The van der Waals surface area contributed by atoms with E-state index in [4.69, 9.17) is 0 Å². The van der Waals surface area contributed by atoms with E-state index in [1.807, 2.05) is 0 Å². The average Bonchev–Trinajstić information content (AvgIpc) is 2.87. The van der Waals surface area contributed by atoms with E-state index in [1.54, 1.807) is 38.1 Å². The number of amidine groups is 1. The van der Waals surface area contributed by atoms with E-state index < -0.39 is 29.3 Å². The molecule has 1 aliphatic rings. The number of carboxylic acid groups (broad SMARTS) is 1. The van der Waals surface area contributed by atoms with Crippen LogP contribution in [0.3, 0.4) is 0 Å². The Balaban J connectivity index is 1.69. The molecule has 206 valence electrons. The minimum atomic E-state index is -1.07. The lowest BCUT2D eigenvalue weighted by Crippen LogP contribution is -2.39. The number of carbonyl (C=O) groups excluding carboxylic acids is 2. The lowest BCUT2D eigenvalue weighted by Gasteiger charge is -2.21. The van der Waals surface area contributed by atoms with Gasteiger partial charge in [0, 0.05) is 35.3 Å². The van der Waals surface area contributed by atoms with Gasteiger partial charge in [-0.1, -0.05) is 22.0 Å². The van der Waals surface area contributed by atoms with E-state index in [0.717, 1.165) is 0 Å². The molecule has 5 N–H and O–H groups in total. The second-order valence-electron chi connectivity index (χ2n) is 10.1. The molecule has 0 saturated carbocycles. The highest BCUT2D eigenvalue weighted by molar-refractivity contribution is 9.10. The lowest BCUT2D eigenvalue weighted by molar-refractivity contribution is -0.137. The number of β-amino-alcohol motifs (C(OH)–C–C–N with tert-alkyl or cyclic N) is 1. The molecule has 1 aliphatic heterocycles. The van der Waals surface area contributed by atoms with E-state index in [0.29, 0.717) is 40.0 Å². The summed E-state index contributed by atoms with van der Waals surface area (Å²) >= 11 is 3.41. The third-order valence-electron chi connectivity index (χ3n) is 6.38. The van der Waals surface area contributed by atoms with Crippen LogP contribution in [0.1, 0.15) is 59.7 Å². The molecule has 1 amide bonds. The predicted octanol–water partition coefficient (Wildman–Crippen LogP) is 2.81. The first-order valence-electron chi connectivity index (χ1n) is 12.4. The zero-order valence-corrected chi connectivity index (χ0v) is 23.3. The van der Waals surface area contributed by atoms with Crippen molar-refractivity contribution in [3.05, 3.63) is 63.1 Å². The number of aromatic hydroxyl groups is 1. The minimum Gasteiger partial charge on any atom is -0.508 e. The first-order chi connectivity index (χ1) is 18.4. The number of nitrogens with one attached hydrogen (secondary N) is 2. The number of hydrogen-bond acceptors (Lipinski definition) is 8.